The van der Waals surface area contributed by atoms with Crippen molar-refractivity contribution in [1.29, 1.82) is 0 Å². The average Bonchev–Trinajstić information content (AvgIpc) is 2.70. The minimum Gasteiger partial charge on any atom is -0.668 e. The van der Waals surface area contributed by atoms with E-state index in [1.807, 2.05) is 26.0 Å². The zero-order chi connectivity index (χ0) is 21.6. The molecule has 0 aliphatic rings. The van der Waals surface area contributed by atoms with Crippen molar-refractivity contribution in [1.82, 2.24) is 4.90 Å². The summed E-state index contributed by atoms with van der Waals surface area (Å²) in [6.45, 7) is 7.06. The Morgan fingerprint density at radius 2 is 1.63 bits per heavy atom. The molecule has 0 fully saturated rings. The zero-order valence-corrected chi connectivity index (χ0v) is 19.4. The van der Waals surface area contributed by atoms with Gasteiger partial charge in [-0.25, -0.2) is 0 Å². The van der Waals surface area contributed by atoms with E-state index >= 15 is 0 Å². The first-order valence-corrected chi connectivity index (χ1v) is 9.82. The predicted molar refractivity (Wildman–Crippen MR) is 115 cm³/mol. The van der Waals surface area contributed by atoms with Crippen LogP contribution in [0, 0.1) is 0 Å². The Morgan fingerprint density at radius 3 is 2.20 bits per heavy atom. The van der Waals surface area contributed by atoms with Gasteiger partial charge in [0.2, 0.25) is 5.91 Å². The second-order valence-corrected chi connectivity index (χ2v) is 6.33. The van der Waals surface area contributed by atoms with Gasteiger partial charge in [-0.15, -0.1) is 0 Å². The van der Waals surface area contributed by atoms with Crippen molar-refractivity contribution in [2.24, 2.45) is 5.73 Å². The van der Waals surface area contributed by atoms with Crippen LogP contribution >= 0.6 is 0 Å². The molecule has 7 nitrogen and oxygen atoms in total. The number of rotatable bonds is 10. The third-order valence-corrected chi connectivity index (χ3v) is 4.13. The molecule has 2 aromatic rings. The number of carbonyl (C=O) groups is 2. The predicted octanol–water partition coefficient (Wildman–Crippen LogP) is 3.15. The van der Waals surface area contributed by atoms with Crippen molar-refractivity contribution in [3.63, 3.8) is 0 Å². The first kappa shape index (κ1) is 28.2. The fraction of sp³-hybridized carbons (Fsp3) is 0.455. The number of hydrogen-bond donors (Lipinski definition) is 1. The van der Waals surface area contributed by atoms with Crippen molar-refractivity contribution in [3.8, 4) is 0 Å². The van der Waals surface area contributed by atoms with E-state index in [0.717, 1.165) is 6.42 Å². The molecule has 0 spiro atoms. The first-order chi connectivity index (χ1) is 13.9. The molecule has 0 bridgehead atoms. The summed E-state index contributed by atoms with van der Waals surface area (Å²) in [7, 11) is 0. The van der Waals surface area contributed by atoms with Crippen molar-refractivity contribution >= 4 is 22.6 Å². The van der Waals surface area contributed by atoms with E-state index in [9.17, 15) is 4.79 Å². The van der Waals surface area contributed by atoms with Gasteiger partial charge in [0, 0.05) is 46.1 Å². The average molecular weight is 509 g/mol. The maximum absolute atomic E-state index is 12.2. The summed E-state index contributed by atoms with van der Waals surface area (Å²) in [4.78, 5) is 23.1. The molecule has 0 aromatic heterocycles. The summed E-state index contributed by atoms with van der Waals surface area (Å²) in [5.74, 6) is -0.676. The largest absolute Gasteiger partial charge is 0.668 e. The fourth-order valence-electron chi connectivity index (χ4n) is 2.92. The van der Waals surface area contributed by atoms with Crippen molar-refractivity contribution in [2.75, 3.05) is 32.8 Å². The molecular formula is C22H32N3O4Pd-. The number of carbonyl (C=O) groups excluding carboxylic acids is 2. The molecule has 2 amide bonds. The molecule has 2 rings (SSSR count). The molecule has 30 heavy (non-hydrogen) atoms. The minimum absolute atomic E-state index is 0. The molecule has 3 N–H and O–H groups in total. The smallest absolute Gasteiger partial charge is 0.236 e. The van der Waals surface area contributed by atoms with Crippen LogP contribution in [0.1, 0.15) is 26.3 Å². The maximum atomic E-state index is 12.2. The molecular weight excluding hydrogens is 477 g/mol. The molecule has 0 aliphatic heterocycles. The number of nitrogens with zero attached hydrogens (tertiary/aromatic N) is 1. The number of benzene rings is 2. The van der Waals surface area contributed by atoms with Gasteiger partial charge in [0.05, 0.1) is 13.1 Å². The Labute approximate surface area is 192 Å². The molecule has 0 heterocycles. The van der Waals surface area contributed by atoms with Crippen LogP contribution in [0.5, 0.6) is 0 Å². The minimum atomic E-state index is -0.583. The third-order valence-electron chi connectivity index (χ3n) is 4.13. The van der Waals surface area contributed by atoms with Crippen LogP contribution in [0.25, 0.3) is 16.5 Å². The quantitative estimate of drug-likeness (QED) is 0.392. The molecule has 2 aromatic carbocycles. The van der Waals surface area contributed by atoms with Gasteiger partial charge in [-0.3, -0.25) is 4.79 Å². The number of fused-ring (bicyclic) bond motifs is 1. The van der Waals surface area contributed by atoms with Crippen molar-refractivity contribution in [3.05, 3.63) is 53.8 Å². The summed E-state index contributed by atoms with van der Waals surface area (Å²) in [5, 5.41) is 2.43. The maximum Gasteiger partial charge on any atom is 0.236 e. The van der Waals surface area contributed by atoms with Crippen LogP contribution in [0.3, 0.4) is 0 Å². The summed E-state index contributed by atoms with van der Waals surface area (Å²) < 4.78 is 11.1. The van der Waals surface area contributed by atoms with Gasteiger partial charge in [-0.05, 0) is 43.5 Å². The molecule has 0 saturated carbocycles. The summed E-state index contributed by atoms with van der Waals surface area (Å²) in [6, 6.07) is 14.5. The fourth-order valence-corrected chi connectivity index (χ4v) is 2.92. The number of amides is 2. The van der Waals surface area contributed by atoms with Gasteiger partial charge in [-0.1, -0.05) is 42.5 Å². The van der Waals surface area contributed by atoms with Crippen LogP contribution < -0.4 is 5.73 Å². The summed E-state index contributed by atoms with van der Waals surface area (Å²) in [5.41, 5.74) is 12.7. The Bertz CT molecular complexity index is 758. The van der Waals surface area contributed by atoms with Crippen molar-refractivity contribution < 1.29 is 39.5 Å². The Balaban J connectivity index is 0.00000154. The zero-order valence-electron chi connectivity index (χ0n) is 17.8. The Hall–Kier alpha value is -1.82. The summed E-state index contributed by atoms with van der Waals surface area (Å²) in [6.07, 6.45) is 0.343. The molecule has 0 radical (unpaired) electrons. The van der Waals surface area contributed by atoms with Crippen LogP contribution in [0.15, 0.2) is 42.5 Å². The number of hydrogen-bond acceptors (Lipinski definition) is 5. The molecule has 0 unspecified atom stereocenters. The monoisotopic (exact) mass is 508 g/mol. The second kappa shape index (κ2) is 15.9. The second-order valence-electron chi connectivity index (χ2n) is 6.33. The topological polar surface area (TPSA) is 106 Å². The molecule has 0 atom stereocenters. The van der Waals surface area contributed by atoms with Crippen LogP contribution in [0.2, 0.25) is 0 Å². The van der Waals surface area contributed by atoms with E-state index in [-0.39, 0.29) is 32.9 Å². The molecule has 0 saturated heterocycles. The van der Waals surface area contributed by atoms with E-state index in [1.54, 1.807) is 4.90 Å². The normalized spacial score (nSPS) is 10.2. The van der Waals surface area contributed by atoms with E-state index in [2.05, 4.69) is 30.3 Å². The standard InChI is InChI=1S/C20H28N2O3.C2H5NO.Pd/c1-3-24-20(25-4-2)15-22(19(23)14-21)13-12-17-10-7-9-16-8-5-6-11-18(16)17;1-2(3)4;/h5-11,20H,3-4,12-15,21H2,1-2H3;1H3,(H2,3,4);/p-1. The van der Waals surface area contributed by atoms with E-state index in [4.69, 9.17) is 25.7 Å². The number of nitrogens with one attached hydrogen (secondary N) is 1. The number of nitrogens with two attached hydrogens (primary N) is 1. The SMILES string of the molecule is CC([NH-])=O.CCOC(CN(CCc1cccc2ccccc12)C(=O)CN)OCC.[Pd]. The first-order valence-electron chi connectivity index (χ1n) is 9.82. The molecule has 8 heteroatoms. The van der Waals surface area contributed by atoms with E-state index in [0.29, 0.717) is 26.3 Å². The van der Waals surface area contributed by atoms with Crippen LogP contribution in [-0.2, 0) is 45.9 Å². The summed E-state index contributed by atoms with van der Waals surface area (Å²) >= 11 is 0. The van der Waals surface area contributed by atoms with E-state index < -0.39 is 12.2 Å². The van der Waals surface area contributed by atoms with Gasteiger partial charge in [0.25, 0.3) is 0 Å². The van der Waals surface area contributed by atoms with Gasteiger partial charge >= 0.3 is 0 Å². The van der Waals surface area contributed by atoms with Gasteiger partial charge in [0.1, 0.15) is 0 Å². The van der Waals surface area contributed by atoms with Crippen LogP contribution in [-0.4, -0.2) is 55.9 Å². The van der Waals surface area contributed by atoms with Gasteiger partial charge in [-0.2, -0.15) is 0 Å². The van der Waals surface area contributed by atoms with Gasteiger partial charge in [0.15, 0.2) is 6.29 Å². The van der Waals surface area contributed by atoms with E-state index in [1.165, 1.54) is 23.3 Å². The van der Waals surface area contributed by atoms with Gasteiger partial charge < -0.3 is 30.6 Å². The number of ether oxygens (including phenoxy) is 2. The Morgan fingerprint density at radius 1 is 1.07 bits per heavy atom. The molecule has 0 aliphatic carbocycles. The van der Waals surface area contributed by atoms with Crippen molar-refractivity contribution in [2.45, 2.75) is 33.5 Å². The Kier molecular flexibility index (Phi) is 15.0. The van der Waals surface area contributed by atoms with Crippen LogP contribution in [0.4, 0.5) is 0 Å². The molecule has 170 valence electrons. The third kappa shape index (κ3) is 10.3.